The van der Waals surface area contributed by atoms with E-state index in [9.17, 15) is 8.42 Å². The molecule has 16 heavy (non-hydrogen) atoms. The van der Waals surface area contributed by atoms with E-state index in [1.165, 1.54) is 12.3 Å². The van der Waals surface area contributed by atoms with Gasteiger partial charge in [0.2, 0.25) is 11.8 Å². The Labute approximate surface area is 93.0 Å². The normalized spacial score (nSPS) is 16.4. The summed E-state index contributed by atoms with van der Waals surface area (Å²) < 4.78 is 33.7. The minimum atomic E-state index is -4.53. The van der Waals surface area contributed by atoms with Crippen molar-refractivity contribution < 1.29 is 17.2 Å². The van der Waals surface area contributed by atoms with Crippen LogP contribution in [0.4, 0.5) is 5.95 Å². The van der Waals surface area contributed by atoms with Gasteiger partial charge < -0.3 is 9.08 Å². The Kier molecular flexibility index (Phi) is 2.92. The van der Waals surface area contributed by atoms with Gasteiger partial charge >= 0.3 is 10.4 Å². The molecule has 1 aromatic heterocycles. The Morgan fingerprint density at radius 3 is 2.69 bits per heavy atom. The fourth-order valence-corrected chi connectivity index (χ4v) is 1.86. The molecule has 1 aromatic rings. The van der Waals surface area contributed by atoms with Crippen molar-refractivity contribution >= 4 is 16.3 Å². The summed E-state index contributed by atoms with van der Waals surface area (Å²) in [6, 6.07) is 1.27. The summed E-state index contributed by atoms with van der Waals surface area (Å²) in [4.78, 5) is 9.83. The van der Waals surface area contributed by atoms with E-state index >= 15 is 0 Å². The van der Waals surface area contributed by atoms with Crippen molar-refractivity contribution in [3.63, 3.8) is 0 Å². The van der Waals surface area contributed by atoms with Crippen molar-refractivity contribution in [1.82, 2.24) is 9.97 Å². The Bertz CT molecular complexity index is 470. The molecule has 0 saturated carbocycles. The van der Waals surface area contributed by atoms with E-state index in [2.05, 4.69) is 14.2 Å². The van der Waals surface area contributed by atoms with Crippen molar-refractivity contribution in [1.29, 1.82) is 0 Å². The van der Waals surface area contributed by atoms with Gasteiger partial charge in [0, 0.05) is 25.4 Å². The highest BCUT2D eigenvalue weighted by Gasteiger charge is 2.16. The first-order valence-corrected chi connectivity index (χ1v) is 6.16. The molecule has 2 heterocycles. The Hall–Kier alpha value is -1.41. The second-order valence-corrected chi connectivity index (χ2v) is 4.42. The molecule has 0 atom stereocenters. The summed E-state index contributed by atoms with van der Waals surface area (Å²) in [6.07, 6.45) is 3.51. The molecule has 1 aliphatic heterocycles. The molecule has 88 valence electrons. The van der Waals surface area contributed by atoms with Crippen molar-refractivity contribution in [2.24, 2.45) is 0 Å². The minimum Gasteiger partial charge on any atom is -0.341 e. The van der Waals surface area contributed by atoms with Gasteiger partial charge in [0.05, 0.1) is 0 Å². The molecule has 2 rings (SSSR count). The molecule has 0 aliphatic carbocycles. The lowest BCUT2D eigenvalue weighted by molar-refractivity contribution is 0.381. The number of anilines is 1. The molecule has 7 nitrogen and oxygen atoms in total. The van der Waals surface area contributed by atoms with Crippen LogP contribution < -0.4 is 9.08 Å². The summed E-state index contributed by atoms with van der Waals surface area (Å²) in [5.74, 6) is 0.234. The van der Waals surface area contributed by atoms with Gasteiger partial charge in [-0.2, -0.15) is 13.4 Å². The van der Waals surface area contributed by atoms with Gasteiger partial charge in [-0.1, -0.05) is 0 Å². The summed E-state index contributed by atoms with van der Waals surface area (Å²) >= 11 is 0. The highest BCUT2D eigenvalue weighted by atomic mass is 32.3. The predicted octanol–water partition coefficient (Wildman–Crippen LogP) is 0.258. The molecule has 0 amide bonds. The molecule has 0 spiro atoms. The van der Waals surface area contributed by atoms with Gasteiger partial charge in [0.25, 0.3) is 0 Å². The molecule has 0 radical (unpaired) electrons. The van der Waals surface area contributed by atoms with Crippen LogP contribution >= 0.6 is 0 Å². The molecule has 0 unspecified atom stereocenters. The maximum Gasteiger partial charge on any atom is 0.447 e. The van der Waals surface area contributed by atoms with E-state index in [4.69, 9.17) is 4.55 Å². The van der Waals surface area contributed by atoms with Crippen LogP contribution in [0.5, 0.6) is 5.88 Å². The zero-order valence-electron chi connectivity index (χ0n) is 8.40. The smallest absolute Gasteiger partial charge is 0.341 e. The number of aromatic nitrogens is 2. The predicted molar refractivity (Wildman–Crippen MR) is 55.7 cm³/mol. The van der Waals surface area contributed by atoms with Gasteiger partial charge in [-0.3, -0.25) is 4.55 Å². The van der Waals surface area contributed by atoms with Gasteiger partial charge in [0.1, 0.15) is 0 Å². The SMILES string of the molecule is O=S(=O)(O)Oc1ccnc(N2CCCC2)n1. The van der Waals surface area contributed by atoms with E-state index < -0.39 is 10.4 Å². The third-order valence-electron chi connectivity index (χ3n) is 2.20. The van der Waals surface area contributed by atoms with Crippen molar-refractivity contribution in [3.05, 3.63) is 12.3 Å². The number of hydrogen-bond donors (Lipinski definition) is 1. The average Bonchev–Trinajstić information content (AvgIpc) is 2.68. The third kappa shape index (κ3) is 2.80. The lowest BCUT2D eigenvalue weighted by Crippen LogP contribution is -2.20. The second kappa shape index (κ2) is 4.22. The monoisotopic (exact) mass is 245 g/mol. The van der Waals surface area contributed by atoms with Gasteiger partial charge in [-0.05, 0) is 12.8 Å². The Balaban J connectivity index is 2.19. The van der Waals surface area contributed by atoms with Crippen LogP contribution in [0, 0.1) is 0 Å². The maximum absolute atomic E-state index is 10.5. The molecular formula is C8H11N3O4S. The largest absolute Gasteiger partial charge is 0.447 e. The van der Waals surface area contributed by atoms with Crippen LogP contribution in [0.15, 0.2) is 12.3 Å². The van der Waals surface area contributed by atoms with Crippen LogP contribution in [0.25, 0.3) is 0 Å². The van der Waals surface area contributed by atoms with E-state index in [0.717, 1.165) is 25.9 Å². The number of nitrogens with zero attached hydrogens (tertiary/aromatic N) is 3. The van der Waals surface area contributed by atoms with Gasteiger partial charge in [0.15, 0.2) is 0 Å². The number of rotatable bonds is 3. The van der Waals surface area contributed by atoms with E-state index in [0.29, 0.717) is 5.95 Å². The Morgan fingerprint density at radius 1 is 1.38 bits per heavy atom. The zero-order chi connectivity index (χ0) is 11.6. The topological polar surface area (TPSA) is 92.6 Å². The van der Waals surface area contributed by atoms with E-state index in [1.807, 2.05) is 4.90 Å². The first-order chi connectivity index (χ1) is 7.54. The summed E-state index contributed by atoms with van der Waals surface area (Å²) in [5, 5.41) is 0. The fraction of sp³-hybridized carbons (Fsp3) is 0.500. The van der Waals surface area contributed by atoms with Crippen LogP contribution in [0.2, 0.25) is 0 Å². The maximum atomic E-state index is 10.5. The standard InChI is InChI=1S/C8H11N3O4S/c12-16(13,14)15-7-3-4-9-8(10-7)11-5-1-2-6-11/h3-4H,1-2,5-6H2,(H,12,13,14). The van der Waals surface area contributed by atoms with Gasteiger partial charge in [-0.25, -0.2) is 4.98 Å². The lowest BCUT2D eigenvalue weighted by atomic mass is 10.4. The first kappa shape index (κ1) is 11.1. The van der Waals surface area contributed by atoms with Gasteiger partial charge in [-0.15, -0.1) is 0 Å². The molecule has 0 bridgehead atoms. The fourth-order valence-electron chi connectivity index (χ4n) is 1.56. The number of hydrogen-bond acceptors (Lipinski definition) is 6. The molecule has 1 aliphatic rings. The highest BCUT2D eigenvalue weighted by Crippen LogP contribution is 2.18. The van der Waals surface area contributed by atoms with E-state index in [1.54, 1.807) is 0 Å². The molecule has 1 N–H and O–H groups in total. The van der Waals surface area contributed by atoms with Crippen LogP contribution in [-0.4, -0.2) is 36.0 Å². The highest BCUT2D eigenvalue weighted by molar-refractivity contribution is 7.81. The summed E-state index contributed by atoms with van der Waals surface area (Å²) in [6.45, 7) is 1.69. The van der Waals surface area contributed by atoms with Crippen LogP contribution in [0.3, 0.4) is 0 Å². The summed E-state index contributed by atoms with van der Waals surface area (Å²) in [7, 11) is -4.53. The molecule has 8 heteroatoms. The molecular weight excluding hydrogens is 234 g/mol. The van der Waals surface area contributed by atoms with E-state index in [-0.39, 0.29) is 5.88 Å². The Morgan fingerprint density at radius 2 is 2.06 bits per heavy atom. The quantitative estimate of drug-likeness (QED) is 0.763. The molecule has 1 saturated heterocycles. The molecule has 0 aromatic carbocycles. The van der Waals surface area contributed by atoms with Crippen LogP contribution in [0.1, 0.15) is 12.8 Å². The van der Waals surface area contributed by atoms with Crippen molar-refractivity contribution in [2.75, 3.05) is 18.0 Å². The molecule has 1 fully saturated rings. The zero-order valence-corrected chi connectivity index (χ0v) is 9.22. The lowest BCUT2D eigenvalue weighted by Gasteiger charge is -2.14. The second-order valence-electron chi connectivity index (χ2n) is 3.40. The summed E-state index contributed by atoms with van der Waals surface area (Å²) in [5.41, 5.74) is 0. The minimum absolute atomic E-state index is 0.181. The van der Waals surface area contributed by atoms with Crippen molar-refractivity contribution in [2.45, 2.75) is 12.8 Å². The first-order valence-electron chi connectivity index (χ1n) is 4.79. The van der Waals surface area contributed by atoms with Crippen LogP contribution in [-0.2, 0) is 10.4 Å². The van der Waals surface area contributed by atoms with Crippen molar-refractivity contribution in [3.8, 4) is 5.88 Å². The third-order valence-corrected chi connectivity index (χ3v) is 2.58. The average molecular weight is 245 g/mol.